The summed E-state index contributed by atoms with van der Waals surface area (Å²) in [6, 6.07) is 7.89. The molecule has 1 aromatic heterocycles. The van der Waals surface area contributed by atoms with E-state index in [4.69, 9.17) is 4.74 Å². The molecule has 4 nitrogen and oxygen atoms in total. The molecule has 1 aromatic carbocycles. The molecule has 0 unspecified atom stereocenters. The summed E-state index contributed by atoms with van der Waals surface area (Å²) in [5.41, 5.74) is 2.96. The third-order valence-electron chi connectivity index (χ3n) is 3.05. The normalized spacial score (nSPS) is 10.7. The quantitative estimate of drug-likeness (QED) is 0.807. The van der Waals surface area contributed by atoms with Crippen molar-refractivity contribution in [3.05, 3.63) is 40.1 Å². The Morgan fingerprint density at radius 1 is 1.24 bits per heavy atom. The highest BCUT2D eigenvalue weighted by molar-refractivity contribution is 9.10. The number of hydrogen-bond donors (Lipinski definition) is 1. The fraction of sp³-hybridized carbons (Fsp3) is 0.375. The van der Waals surface area contributed by atoms with Crippen molar-refractivity contribution in [2.45, 2.75) is 26.8 Å². The molecule has 0 aliphatic carbocycles. The summed E-state index contributed by atoms with van der Waals surface area (Å²) in [4.78, 5) is 9.17. The lowest BCUT2D eigenvalue weighted by atomic mass is 10.2. The molecular formula is C16H20BrN3O. The maximum atomic E-state index is 5.25. The van der Waals surface area contributed by atoms with Crippen molar-refractivity contribution in [1.29, 1.82) is 0 Å². The Balaban J connectivity index is 2.28. The highest BCUT2D eigenvalue weighted by Crippen LogP contribution is 2.29. The van der Waals surface area contributed by atoms with E-state index in [0.29, 0.717) is 0 Å². The highest BCUT2D eigenvalue weighted by Gasteiger charge is 2.08. The number of aryl methyl sites for hydroxylation is 1. The fourth-order valence-corrected chi connectivity index (χ4v) is 2.59. The first-order chi connectivity index (χ1) is 10.1. The Kier molecular flexibility index (Phi) is 5.70. The van der Waals surface area contributed by atoms with Gasteiger partial charge in [-0.1, -0.05) is 6.92 Å². The molecule has 0 atom stereocenters. The van der Waals surface area contributed by atoms with Crippen LogP contribution in [0.3, 0.4) is 0 Å². The van der Waals surface area contributed by atoms with Gasteiger partial charge in [-0.2, -0.15) is 0 Å². The number of benzene rings is 1. The van der Waals surface area contributed by atoms with E-state index in [0.717, 1.165) is 52.5 Å². The molecule has 0 bridgehead atoms. The summed E-state index contributed by atoms with van der Waals surface area (Å²) in [6.07, 6.45) is 1.11. The molecule has 5 heteroatoms. The lowest BCUT2D eigenvalue weighted by molar-refractivity contribution is 0.412. The molecule has 1 heterocycles. The van der Waals surface area contributed by atoms with Crippen molar-refractivity contribution in [3.8, 4) is 17.1 Å². The Bertz CT molecular complexity index is 616. The van der Waals surface area contributed by atoms with E-state index in [-0.39, 0.29) is 0 Å². The van der Waals surface area contributed by atoms with Crippen molar-refractivity contribution in [3.63, 3.8) is 0 Å². The minimum atomic E-state index is 0.742. The molecule has 1 N–H and O–H groups in total. The SMILES string of the molecule is CCCNCc1cc(C)nc(-c2ccc(OC)c(Br)c2)n1. The molecule has 2 rings (SSSR count). The second-order valence-electron chi connectivity index (χ2n) is 4.85. The molecular weight excluding hydrogens is 330 g/mol. The van der Waals surface area contributed by atoms with Gasteiger partial charge >= 0.3 is 0 Å². The summed E-state index contributed by atoms with van der Waals surface area (Å²) in [7, 11) is 1.65. The first-order valence-corrected chi connectivity index (χ1v) is 7.82. The van der Waals surface area contributed by atoms with Crippen molar-refractivity contribution < 1.29 is 4.74 Å². The minimum absolute atomic E-state index is 0.742. The van der Waals surface area contributed by atoms with Crippen molar-refractivity contribution in [2.75, 3.05) is 13.7 Å². The maximum Gasteiger partial charge on any atom is 0.159 e. The zero-order chi connectivity index (χ0) is 15.2. The van der Waals surface area contributed by atoms with Gasteiger partial charge in [0, 0.05) is 17.8 Å². The lowest BCUT2D eigenvalue weighted by Crippen LogP contribution is -2.15. The maximum absolute atomic E-state index is 5.25. The van der Waals surface area contributed by atoms with E-state index in [1.54, 1.807) is 7.11 Å². The molecule has 0 saturated carbocycles. The number of nitrogens with one attached hydrogen (secondary N) is 1. The Hall–Kier alpha value is -1.46. The number of nitrogens with zero attached hydrogens (tertiary/aromatic N) is 2. The topological polar surface area (TPSA) is 47.0 Å². The largest absolute Gasteiger partial charge is 0.496 e. The summed E-state index contributed by atoms with van der Waals surface area (Å²) in [5, 5.41) is 3.37. The summed E-state index contributed by atoms with van der Waals surface area (Å²) in [6.45, 7) is 5.90. The van der Waals surface area contributed by atoms with Gasteiger partial charge in [-0.15, -0.1) is 0 Å². The predicted octanol–water partition coefficient (Wildman–Crippen LogP) is 3.72. The molecule has 0 saturated heterocycles. The highest BCUT2D eigenvalue weighted by atomic mass is 79.9. The van der Waals surface area contributed by atoms with Crippen LogP contribution in [-0.4, -0.2) is 23.6 Å². The van der Waals surface area contributed by atoms with Crippen LogP contribution in [0.5, 0.6) is 5.75 Å². The zero-order valence-corrected chi connectivity index (χ0v) is 14.2. The molecule has 2 aromatic rings. The molecule has 0 spiro atoms. The number of aromatic nitrogens is 2. The zero-order valence-electron chi connectivity index (χ0n) is 12.6. The second-order valence-corrected chi connectivity index (χ2v) is 5.70. The summed E-state index contributed by atoms with van der Waals surface area (Å²) < 4.78 is 6.15. The van der Waals surface area contributed by atoms with Gasteiger partial charge in [0.05, 0.1) is 17.3 Å². The van der Waals surface area contributed by atoms with Gasteiger partial charge in [0.1, 0.15) is 5.75 Å². The smallest absolute Gasteiger partial charge is 0.159 e. The molecule has 0 radical (unpaired) electrons. The predicted molar refractivity (Wildman–Crippen MR) is 88.5 cm³/mol. The minimum Gasteiger partial charge on any atom is -0.496 e. The van der Waals surface area contributed by atoms with Crippen LogP contribution in [0.2, 0.25) is 0 Å². The van der Waals surface area contributed by atoms with Gasteiger partial charge in [0.2, 0.25) is 0 Å². The first-order valence-electron chi connectivity index (χ1n) is 7.03. The van der Waals surface area contributed by atoms with Gasteiger partial charge in [0.25, 0.3) is 0 Å². The molecule has 0 aliphatic rings. The van der Waals surface area contributed by atoms with Crippen LogP contribution in [0.15, 0.2) is 28.7 Å². The number of ether oxygens (including phenoxy) is 1. The molecule has 112 valence electrons. The van der Waals surface area contributed by atoms with Gasteiger partial charge in [0.15, 0.2) is 5.82 Å². The van der Waals surface area contributed by atoms with Gasteiger partial charge < -0.3 is 10.1 Å². The van der Waals surface area contributed by atoms with E-state index >= 15 is 0 Å². The number of hydrogen-bond acceptors (Lipinski definition) is 4. The van der Waals surface area contributed by atoms with Gasteiger partial charge in [-0.3, -0.25) is 0 Å². The van der Waals surface area contributed by atoms with E-state index < -0.39 is 0 Å². The van der Waals surface area contributed by atoms with Crippen LogP contribution < -0.4 is 10.1 Å². The average molecular weight is 350 g/mol. The van der Waals surface area contributed by atoms with Crippen LogP contribution in [0, 0.1) is 6.92 Å². The van der Waals surface area contributed by atoms with E-state index in [2.05, 4.69) is 38.1 Å². The van der Waals surface area contributed by atoms with Crippen LogP contribution >= 0.6 is 15.9 Å². The number of rotatable bonds is 6. The monoisotopic (exact) mass is 349 g/mol. The number of methoxy groups -OCH3 is 1. The molecule has 21 heavy (non-hydrogen) atoms. The van der Waals surface area contributed by atoms with E-state index in [9.17, 15) is 0 Å². The Labute approximate surface area is 134 Å². The van der Waals surface area contributed by atoms with Crippen LogP contribution in [0.1, 0.15) is 24.7 Å². The van der Waals surface area contributed by atoms with Crippen LogP contribution in [0.4, 0.5) is 0 Å². The van der Waals surface area contributed by atoms with Crippen molar-refractivity contribution in [2.24, 2.45) is 0 Å². The first kappa shape index (κ1) is 15.9. The third kappa shape index (κ3) is 4.25. The van der Waals surface area contributed by atoms with Crippen molar-refractivity contribution >= 4 is 15.9 Å². The Morgan fingerprint density at radius 2 is 2.05 bits per heavy atom. The molecule has 0 amide bonds. The number of halogens is 1. The van der Waals surface area contributed by atoms with E-state index in [1.165, 1.54) is 0 Å². The van der Waals surface area contributed by atoms with Crippen LogP contribution in [0.25, 0.3) is 11.4 Å². The Morgan fingerprint density at radius 3 is 2.71 bits per heavy atom. The summed E-state index contributed by atoms with van der Waals surface area (Å²) in [5.74, 6) is 1.54. The third-order valence-corrected chi connectivity index (χ3v) is 3.67. The van der Waals surface area contributed by atoms with Crippen molar-refractivity contribution in [1.82, 2.24) is 15.3 Å². The standard InChI is InChI=1S/C16H20BrN3O/c1-4-7-18-10-13-8-11(2)19-16(20-13)12-5-6-15(21-3)14(17)9-12/h5-6,8-9,18H,4,7,10H2,1-3H3. The fourth-order valence-electron chi connectivity index (χ4n) is 2.05. The molecule has 0 aliphatic heterocycles. The molecule has 0 fully saturated rings. The van der Waals surface area contributed by atoms with Crippen LogP contribution in [-0.2, 0) is 6.54 Å². The lowest BCUT2D eigenvalue weighted by Gasteiger charge is -2.09. The van der Waals surface area contributed by atoms with Gasteiger partial charge in [-0.05, 0) is 60.1 Å². The average Bonchev–Trinajstić information content (AvgIpc) is 2.47. The second kappa shape index (κ2) is 7.52. The van der Waals surface area contributed by atoms with E-state index in [1.807, 2.05) is 31.2 Å². The van der Waals surface area contributed by atoms with Gasteiger partial charge in [-0.25, -0.2) is 9.97 Å². The summed E-state index contributed by atoms with van der Waals surface area (Å²) >= 11 is 3.50.